The van der Waals surface area contributed by atoms with Crippen LogP contribution < -0.4 is 11.1 Å². The third-order valence-corrected chi connectivity index (χ3v) is 3.54. The van der Waals surface area contributed by atoms with Crippen LogP contribution in [-0.2, 0) is 11.3 Å². The zero-order chi connectivity index (χ0) is 13.8. The van der Waals surface area contributed by atoms with E-state index in [1.807, 2.05) is 20.0 Å². The fourth-order valence-electron chi connectivity index (χ4n) is 1.64. The van der Waals surface area contributed by atoms with Gasteiger partial charge in [-0.05, 0) is 13.8 Å². The van der Waals surface area contributed by atoms with Gasteiger partial charge in [0.25, 0.3) is 0 Å². The number of nitrogens with one attached hydrogen (secondary N) is 1. The van der Waals surface area contributed by atoms with Crippen LogP contribution in [0.15, 0.2) is 12.3 Å². The number of aromatic nitrogens is 3. The summed E-state index contributed by atoms with van der Waals surface area (Å²) in [7, 11) is 1.60. The first kappa shape index (κ1) is 13.7. The first-order valence-electron chi connectivity index (χ1n) is 5.89. The van der Waals surface area contributed by atoms with E-state index >= 15 is 0 Å². The third kappa shape index (κ3) is 3.62. The minimum atomic E-state index is 0.0726. The summed E-state index contributed by atoms with van der Waals surface area (Å²) in [6.07, 6.45) is 1.86. The Kier molecular flexibility index (Phi) is 4.28. The Hall–Kier alpha value is -1.73. The molecule has 1 unspecified atom stereocenters. The number of anilines is 2. The summed E-state index contributed by atoms with van der Waals surface area (Å²) in [5.74, 6) is 1.67. The van der Waals surface area contributed by atoms with Crippen LogP contribution >= 0.6 is 11.3 Å². The van der Waals surface area contributed by atoms with Crippen molar-refractivity contribution >= 4 is 23.0 Å². The lowest BCUT2D eigenvalue weighted by Crippen LogP contribution is -2.10. The lowest BCUT2D eigenvalue weighted by molar-refractivity contribution is 0.178. The van der Waals surface area contributed by atoms with E-state index in [0.29, 0.717) is 24.1 Å². The molecule has 0 bridgehead atoms. The molecule has 7 heteroatoms. The van der Waals surface area contributed by atoms with E-state index in [9.17, 15) is 0 Å². The second kappa shape index (κ2) is 5.94. The fourth-order valence-corrected chi connectivity index (χ4v) is 2.42. The number of methoxy groups -OCH3 is 1. The highest BCUT2D eigenvalue weighted by Crippen LogP contribution is 2.23. The Morgan fingerprint density at radius 3 is 2.89 bits per heavy atom. The maximum absolute atomic E-state index is 5.75. The number of nitrogen functional groups attached to an aromatic ring is 1. The summed E-state index contributed by atoms with van der Waals surface area (Å²) in [6, 6.07) is 1.78. The van der Waals surface area contributed by atoms with E-state index in [2.05, 4.69) is 20.3 Å². The van der Waals surface area contributed by atoms with Crippen molar-refractivity contribution in [2.24, 2.45) is 0 Å². The minimum absolute atomic E-state index is 0.0726. The van der Waals surface area contributed by atoms with Crippen molar-refractivity contribution in [3.63, 3.8) is 0 Å². The Balaban J connectivity index is 2.14. The average molecular weight is 279 g/mol. The van der Waals surface area contributed by atoms with Crippen LogP contribution in [0, 0.1) is 6.92 Å². The topological polar surface area (TPSA) is 86.0 Å². The molecule has 19 heavy (non-hydrogen) atoms. The molecular formula is C12H17N5OS. The molecule has 0 amide bonds. The number of nitrogens with zero attached hydrogens (tertiary/aromatic N) is 3. The van der Waals surface area contributed by atoms with Gasteiger partial charge in [0, 0.05) is 24.3 Å². The molecule has 2 aromatic heterocycles. The van der Waals surface area contributed by atoms with Crippen molar-refractivity contribution < 1.29 is 4.74 Å². The fraction of sp³-hybridized carbons (Fsp3) is 0.417. The predicted octanol–water partition coefficient (Wildman–Crippen LogP) is 2.14. The van der Waals surface area contributed by atoms with Crippen LogP contribution in [0.3, 0.4) is 0 Å². The van der Waals surface area contributed by atoms with Gasteiger partial charge in [0.05, 0.1) is 6.04 Å². The number of rotatable bonds is 5. The monoisotopic (exact) mass is 279 g/mol. The van der Waals surface area contributed by atoms with Crippen molar-refractivity contribution in [1.82, 2.24) is 15.0 Å². The molecule has 0 saturated carbocycles. The molecule has 0 saturated heterocycles. The zero-order valence-corrected chi connectivity index (χ0v) is 12.0. The van der Waals surface area contributed by atoms with Gasteiger partial charge in [-0.15, -0.1) is 11.3 Å². The van der Waals surface area contributed by atoms with E-state index in [4.69, 9.17) is 10.5 Å². The molecule has 0 spiro atoms. The molecule has 0 aromatic carbocycles. The predicted molar refractivity (Wildman–Crippen MR) is 76.0 cm³/mol. The Morgan fingerprint density at radius 2 is 2.26 bits per heavy atom. The number of ether oxygens (including phenoxy) is 1. The largest absolute Gasteiger partial charge is 0.384 e. The van der Waals surface area contributed by atoms with E-state index in [1.165, 1.54) is 4.88 Å². The number of hydrogen-bond acceptors (Lipinski definition) is 7. The molecule has 0 aliphatic carbocycles. The van der Waals surface area contributed by atoms with Gasteiger partial charge in [-0.3, -0.25) is 0 Å². The van der Waals surface area contributed by atoms with Crippen molar-refractivity contribution in [2.75, 3.05) is 18.2 Å². The molecule has 2 heterocycles. The van der Waals surface area contributed by atoms with Gasteiger partial charge in [0.2, 0.25) is 0 Å². The average Bonchev–Trinajstić information content (AvgIpc) is 2.75. The quantitative estimate of drug-likeness (QED) is 0.872. The second-order valence-electron chi connectivity index (χ2n) is 4.20. The lowest BCUT2D eigenvalue weighted by atomic mass is 10.3. The smallest absolute Gasteiger partial charge is 0.158 e. The highest BCUT2D eigenvalue weighted by Gasteiger charge is 2.11. The first-order valence-corrected chi connectivity index (χ1v) is 6.71. The van der Waals surface area contributed by atoms with Crippen LogP contribution in [0.25, 0.3) is 0 Å². The Labute approximate surface area is 116 Å². The molecule has 2 aromatic rings. The van der Waals surface area contributed by atoms with E-state index < -0.39 is 0 Å². The summed E-state index contributed by atoms with van der Waals surface area (Å²) in [5, 5.41) is 4.29. The zero-order valence-electron chi connectivity index (χ0n) is 11.2. The van der Waals surface area contributed by atoms with Crippen LogP contribution in [0.1, 0.15) is 28.7 Å². The third-order valence-electron chi connectivity index (χ3n) is 2.44. The maximum Gasteiger partial charge on any atom is 0.158 e. The molecule has 102 valence electrons. The van der Waals surface area contributed by atoms with E-state index in [-0.39, 0.29) is 6.04 Å². The van der Waals surface area contributed by atoms with Gasteiger partial charge in [0.1, 0.15) is 23.3 Å². The van der Waals surface area contributed by atoms with E-state index in [0.717, 1.165) is 5.01 Å². The highest BCUT2D eigenvalue weighted by atomic mass is 32.1. The molecule has 1 atom stereocenters. The molecule has 0 aliphatic rings. The van der Waals surface area contributed by atoms with Crippen LogP contribution in [0.5, 0.6) is 0 Å². The second-order valence-corrected chi connectivity index (χ2v) is 5.47. The van der Waals surface area contributed by atoms with Gasteiger partial charge in [-0.1, -0.05) is 0 Å². The summed E-state index contributed by atoms with van der Waals surface area (Å²) >= 11 is 1.66. The normalized spacial score (nSPS) is 12.4. The van der Waals surface area contributed by atoms with Gasteiger partial charge < -0.3 is 15.8 Å². The summed E-state index contributed by atoms with van der Waals surface area (Å²) in [6.45, 7) is 4.41. The first-order chi connectivity index (χ1) is 9.08. The van der Waals surface area contributed by atoms with Gasteiger partial charge in [-0.2, -0.15) is 0 Å². The van der Waals surface area contributed by atoms with Gasteiger partial charge in [-0.25, -0.2) is 15.0 Å². The molecule has 3 N–H and O–H groups in total. The van der Waals surface area contributed by atoms with Gasteiger partial charge >= 0.3 is 0 Å². The Bertz CT molecular complexity index is 557. The highest BCUT2D eigenvalue weighted by molar-refractivity contribution is 7.11. The molecule has 0 fully saturated rings. The van der Waals surface area contributed by atoms with Crippen molar-refractivity contribution in [1.29, 1.82) is 0 Å². The molecule has 2 rings (SSSR count). The van der Waals surface area contributed by atoms with Gasteiger partial charge in [0.15, 0.2) is 5.82 Å². The van der Waals surface area contributed by atoms with Crippen LogP contribution in [0.4, 0.5) is 11.6 Å². The lowest BCUT2D eigenvalue weighted by Gasteiger charge is -2.13. The Morgan fingerprint density at radius 1 is 1.47 bits per heavy atom. The standard InChI is InChI=1S/C12H17N5OS/c1-7-5-14-12(19-7)8(2)15-10-4-9(13)16-11(17-10)6-18-3/h4-5,8H,6H2,1-3H3,(H3,13,15,16,17). The van der Waals surface area contributed by atoms with Crippen LogP contribution in [0.2, 0.25) is 0 Å². The van der Waals surface area contributed by atoms with Crippen molar-refractivity contribution in [3.05, 3.63) is 28.0 Å². The maximum atomic E-state index is 5.75. The van der Waals surface area contributed by atoms with Crippen LogP contribution in [-0.4, -0.2) is 22.1 Å². The molecule has 0 radical (unpaired) electrons. The minimum Gasteiger partial charge on any atom is -0.384 e. The molecule has 6 nitrogen and oxygen atoms in total. The summed E-state index contributed by atoms with van der Waals surface area (Å²) < 4.78 is 5.01. The summed E-state index contributed by atoms with van der Waals surface area (Å²) in [5.41, 5.74) is 5.75. The number of nitrogens with two attached hydrogens (primary N) is 1. The van der Waals surface area contributed by atoms with Crippen molar-refractivity contribution in [2.45, 2.75) is 26.5 Å². The molecular weight excluding hydrogens is 262 g/mol. The number of hydrogen-bond donors (Lipinski definition) is 2. The molecule has 0 aliphatic heterocycles. The van der Waals surface area contributed by atoms with E-state index in [1.54, 1.807) is 24.5 Å². The summed E-state index contributed by atoms with van der Waals surface area (Å²) in [4.78, 5) is 14.0. The SMILES string of the molecule is COCc1nc(N)cc(NC(C)c2ncc(C)s2)n1. The number of thiazole rings is 1. The number of aryl methyl sites for hydroxylation is 1. The van der Waals surface area contributed by atoms with Crippen molar-refractivity contribution in [3.8, 4) is 0 Å².